The molecule has 0 radical (unpaired) electrons. The first-order valence-electron chi connectivity index (χ1n) is 5.72. The van der Waals surface area contributed by atoms with Crippen molar-refractivity contribution in [3.63, 3.8) is 0 Å². The van der Waals surface area contributed by atoms with Crippen molar-refractivity contribution >= 4 is 15.9 Å². The Kier molecular flexibility index (Phi) is 5.10. The molecule has 1 atom stereocenters. The highest BCUT2D eigenvalue weighted by Gasteiger charge is 2.27. The molecular formula is C13H19BrFNO. The number of rotatable bonds is 5. The van der Waals surface area contributed by atoms with Gasteiger partial charge in [0.25, 0.3) is 0 Å². The number of aliphatic hydroxyl groups is 1. The van der Waals surface area contributed by atoms with Gasteiger partial charge in [0.1, 0.15) is 11.4 Å². The molecule has 4 heteroatoms. The molecule has 0 saturated heterocycles. The molecule has 2 N–H and O–H groups in total. The second kappa shape index (κ2) is 5.94. The maximum absolute atomic E-state index is 13.8. The van der Waals surface area contributed by atoms with Crippen molar-refractivity contribution in [1.29, 1.82) is 0 Å². The van der Waals surface area contributed by atoms with Crippen molar-refractivity contribution in [3.8, 4) is 0 Å². The second-order valence-electron chi connectivity index (χ2n) is 4.90. The first-order valence-corrected chi connectivity index (χ1v) is 6.51. The molecule has 17 heavy (non-hydrogen) atoms. The summed E-state index contributed by atoms with van der Waals surface area (Å²) in [7, 11) is 0. The lowest BCUT2D eigenvalue weighted by Crippen LogP contribution is -2.37. The van der Waals surface area contributed by atoms with E-state index in [4.69, 9.17) is 0 Å². The summed E-state index contributed by atoms with van der Waals surface area (Å²) in [6.07, 6.45) is 0. The Morgan fingerprint density at radius 2 is 2.12 bits per heavy atom. The predicted molar refractivity (Wildman–Crippen MR) is 71.4 cm³/mol. The van der Waals surface area contributed by atoms with Crippen LogP contribution in [0.2, 0.25) is 0 Å². The third-order valence-electron chi connectivity index (χ3n) is 2.55. The van der Waals surface area contributed by atoms with Crippen molar-refractivity contribution in [3.05, 3.63) is 34.1 Å². The van der Waals surface area contributed by atoms with Gasteiger partial charge in [0.2, 0.25) is 0 Å². The topological polar surface area (TPSA) is 32.3 Å². The van der Waals surface area contributed by atoms with E-state index in [1.165, 1.54) is 0 Å². The molecule has 0 aliphatic carbocycles. The minimum absolute atomic E-state index is 0.308. The maximum Gasteiger partial charge on any atom is 0.143 e. The Hall–Kier alpha value is -0.450. The van der Waals surface area contributed by atoms with Gasteiger partial charge in [-0.15, -0.1) is 0 Å². The standard InChI is InChI=1S/C13H19BrFNO/c1-9(2)7-16-8-13(3,17)10-5-4-6-11(14)12(10)15/h4-6,9,16-17H,7-8H2,1-3H3. The van der Waals surface area contributed by atoms with Crippen molar-refractivity contribution in [2.24, 2.45) is 5.92 Å². The lowest BCUT2D eigenvalue weighted by atomic mass is 9.95. The number of nitrogens with one attached hydrogen (secondary N) is 1. The summed E-state index contributed by atoms with van der Waals surface area (Å²) in [4.78, 5) is 0. The average Bonchev–Trinajstić information content (AvgIpc) is 2.21. The predicted octanol–water partition coefficient (Wildman–Crippen LogP) is 3.04. The van der Waals surface area contributed by atoms with E-state index in [1.807, 2.05) is 0 Å². The SMILES string of the molecule is CC(C)CNCC(C)(O)c1cccc(Br)c1F. The molecule has 0 saturated carbocycles. The van der Waals surface area contributed by atoms with Crippen LogP contribution in [0.3, 0.4) is 0 Å². The molecule has 0 aliphatic heterocycles. The fraction of sp³-hybridized carbons (Fsp3) is 0.538. The Morgan fingerprint density at radius 1 is 1.47 bits per heavy atom. The minimum atomic E-state index is -1.21. The molecule has 2 nitrogen and oxygen atoms in total. The van der Waals surface area contributed by atoms with Crippen LogP contribution >= 0.6 is 15.9 Å². The van der Waals surface area contributed by atoms with Crippen LogP contribution in [0.4, 0.5) is 4.39 Å². The van der Waals surface area contributed by atoms with Gasteiger partial charge in [0.05, 0.1) is 4.47 Å². The van der Waals surface area contributed by atoms with Gasteiger partial charge >= 0.3 is 0 Å². The smallest absolute Gasteiger partial charge is 0.143 e. The molecule has 96 valence electrons. The summed E-state index contributed by atoms with van der Waals surface area (Å²) in [5.74, 6) is 0.0991. The lowest BCUT2D eigenvalue weighted by molar-refractivity contribution is 0.0526. The molecule has 1 unspecified atom stereocenters. The number of hydrogen-bond acceptors (Lipinski definition) is 2. The number of benzene rings is 1. The maximum atomic E-state index is 13.8. The zero-order valence-electron chi connectivity index (χ0n) is 10.4. The fourth-order valence-electron chi connectivity index (χ4n) is 1.62. The Balaban J connectivity index is 2.78. The third kappa shape index (κ3) is 4.05. The van der Waals surface area contributed by atoms with Gasteiger partial charge < -0.3 is 10.4 Å². The van der Waals surface area contributed by atoms with Crippen LogP contribution < -0.4 is 5.32 Å². The van der Waals surface area contributed by atoms with Crippen molar-refractivity contribution in [1.82, 2.24) is 5.32 Å². The monoisotopic (exact) mass is 303 g/mol. The number of halogens is 2. The molecule has 0 spiro atoms. The summed E-state index contributed by atoms with van der Waals surface area (Å²) < 4.78 is 14.2. The van der Waals surface area contributed by atoms with Crippen LogP contribution in [0.5, 0.6) is 0 Å². The van der Waals surface area contributed by atoms with E-state index in [0.29, 0.717) is 22.5 Å². The fourth-order valence-corrected chi connectivity index (χ4v) is 1.99. The Morgan fingerprint density at radius 3 is 2.71 bits per heavy atom. The van der Waals surface area contributed by atoms with Crippen LogP contribution in [0.15, 0.2) is 22.7 Å². The van der Waals surface area contributed by atoms with Gasteiger partial charge in [-0.05, 0) is 41.4 Å². The van der Waals surface area contributed by atoms with Crippen LogP contribution in [-0.2, 0) is 5.60 Å². The normalized spacial score (nSPS) is 15.0. The van der Waals surface area contributed by atoms with Gasteiger partial charge in [0.15, 0.2) is 0 Å². The summed E-state index contributed by atoms with van der Waals surface area (Å²) in [6, 6.07) is 4.95. The zero-order chi connectivity index (χ0) is 13.1. The molecule has 1 aromatic rings. The Labute approximate surface area is 110 Å². The highest BCUT2D eigenvalue weighted by Crippen LogP contribution is 2.27. The summed E-state index contributed by atoms with van der Waals surface area (Å²) in [6.45, 7) is 6.91. The summed E-state index contributed by atoms with van der Waals surface area (Å²) in [5.41, 5.74) is -0.897. The quantitative estimate of drug-likeness (QED) is 0.876. The molecule has 0 heterocycles. The minimum Gasteiger partial charge on any atom is -0.384 e. The van der Waals surface area contributed by atoms with Crippen molar-refractivity contribution < 1.29 is 9.50 Å². The van der Waals surface area contributed by atoms with Gasteiger partial charge in [-0.25, -0.2) is 4.39 Å². The van der Waals surface area contributed by atoms with Crippen molar-refractivity contribution in [2.75, 3.05) is 13.1 Å². The zero-order valence-corrected chi connectivity index (χ0v) is 12.0. The van der Waals surface area contributed by atoms with E-state index in [1.54, 1.807) is 25.1 Å². The summed E-state index contributed by atoms with van der Waals surface area (Å²) >= 11 is 3.12. The molecule has 0 bridgehead atoms. The van der Waals surface area contributed by atoms with Gasteiger partial charge in [-0.1, -0.05) is 26.0 Å². The van der Waals surface area contributed by atoms with E-state index >= 15 is 0 Å². The highest BCUT2D eigenvalue weighted by atomic mass is 79.9. The van der Waals surface area contributed by atoms with Crippen LogP contribution in [0.25, 0.3) is 0 Å². The van der Waals surface area contributed by atoms with E-state index in [-0.39, 0.29) is 0 Å². The highest BCUT2D eigenvalue weighted by molar-refractivity contribution is 9.10. The van der Waals surface area contributed by atoms with E-state index in [9.17, 15) is 9.50 Å². The van der Waals surface area contributed by atoms with Crippen LogP contribution in [0, 0.1) is 11.7 Å². The van der Waals surface area contributed by atoms with Gasteiger partial charge in [0, 0.05) is 12.1 Å². The van der Waals surface area contributed by atoms with E-state index < -0.39 is 11.4 Å². The van der Waals surface area contributed by atoms with E-state index in [0.717, 1.165) is 6.54 Å². The molecule has 1 rings (SSSR count). The summed E-state index contributed by atoms with van der Waals surface area (Å²) in [5, 5.41) is 13.4. The lowest BCUT2D eigenvalue weighted by Gasteiger charge is -2.25. The van der Waals surface area contributed by atoms with E-state index in [2.05, 4.69) is 35.1 Å². The Bertz CT molecular complexity index is 380. The molecule has 0 aromatic heterocycles. The third-order valence-corrected chi connectivity index (χ3v) is 3.17. The second-order valence-corrected chi connectivity index (χ2v) is 5.75. The van der Waals surface area contributed by atoms with Gasteiger partial charge in [-0.3, -0.25) is 0 Å². The van der Waals surface area contributed by atoms with Crippen LogP contribution in [0.1, 0.15) is 26.3 Å². The largest absolute Gasteiger partial charge is 0.384 e. The van der Waals surface area contributed by atoms with Crippen LogP contribution in [-0.4, -0.2) is 18.2 Å². The molecule has 0 aliphatic rings. The average molecular weight is 304 g/mol. The molecular weight excluding hydrogens is 285 g/mol. The first-order chi connectivity index (χ1) is 7.84. The molecule has 0 amide bonds. The number of hydrogen-bond donors (Lipinski definition) is 2. The first kappa shape index (κ1) is 14.6. The molecule has 0 fully saturated rings. The van der Waals surface area contributed by atoms with Crippen molar-refractivity contribution in [2.45, 2.75) is 26.4 Å². The molecule has 1 aromatic carbocycles. The van der Waals surface area contributed by atoms with Gasteiger partial charge in [-0.2, -0.15) is 0 Å².